The number of fused-ring (bicyclic) bond motifs is 1. The molecule has 11 nitrogen and oxygen atoms in total. The average molecular weight is 356 g/mol. The van der Waals surface area contributed by atoms with Gasteiger partial charge in [0.15, 0.2) is 5.82 Å². The van der Waals surface area contributed by atoms with E-state index in [4.69, 9.17) is 5.73 Å². The Kier molecular flexibility index (Phi) is 3.68. The first-order chi connectivity index (χ1) is 12.5. The first-order valence-electron chi connectivity index (χ1n) is 8.00. The number of rotatable bonds is 5. The number of hydrogen-bond donors (Lipinski definition) is 4. The summed E-state index contributed by atoms with van der Waals surface area (Å²) in [7, 11) is 0. The summed E-state index contributed by atoms with van der Waals surface area (Å²) >= 11 is 0. The van der Waals surface area contributed by atoms with Crippen molar-refractivity contribution < 1.29 is 14.7 Å². The zero-order chi connectivity index (χ0) is 18.3. The van der Waals surface area contributed by atoms with E-state index in [0.717, 1.165) is 6.42 Å². The molecule has 0 bridgehead atoms. The lowest BCUT2D eigenvalue weighted by molar-refractivity contribution is -0.138. The van der Waals surface area contributed by atoms with Crippen LogP contribution < -0.4 is 16.0 Å². The number of carboxylic acids is 1. The van der Waals surface area contributed by atoms with E-state index in [2.05, 4.69) is 25.5 Å². The summed E-state index contributed by atoms with van der Waals surface area (Å²) in [4.78, 5) is 33.3. The number of nitrogens with zero attached hydrogens (tertiary/aromatic N) is 5. The molecule has 0 radical (unpaired) electrons. The number of aromatic nitrogens is 5. The minimum atomic E-state index is -0.894. The van der Waals surface area contributed by atoms with Gasteiger partial charge in [0.2, 0.25) is 11.9 Å². The lowest BCUT2D eigenvalue weighted by Gasteiger charge is -2.22. The number of hydrogen-bond acceptors (Lipinski definition) is 7. The van der Waals surface area contributed by atoms with E-state index in [1.807, 2.05) is 0 Å². The van der Waals surface area contributed by atoms with Crippen molar-refractivity contribution in [2.24, 2.45) is 5.73 Å². The van der Waals surface area contributed by atoms with Gasteiger partial charge in [0.05, 0.1) is 0 Å². The van der Waals surface area contributed by atoms with Crippen molar-refractivity contribution in [2.75, 3.05) is 16.8 Å². The van der Waals surface area contributed by atoms with E-state index in [-0.39, 0.29) is 5.69 Å². The van der Waals surface area contributed by atoms with E-state index < -0.39 is 17.9 Å². The molecule has 3 aromatic heterocycles. The highest BCUT2D eigenvalue weighted by Crippen LogP contribution is 2.25. The molecule has 0 aromatic carbocycles. The number of aromatic amines is 1. The SMILES string of the molecule is NC(=O)c1cc(Nc2nc(N3CCC[C@H]3C(=O)O)nc3cccn23)n[nH]1. The molecule has 134 valence electrons. The number of carboxylic acid groups (broad SMARTS) is 1. The zero-order valence-electron chi connectivity index (χ0n) is 13.6. The second-order valence-electron chi connectivity index (χ2n) is 5.93. The van der Waals surface area contributed by atoms with E-state index >= 15 is 0 Å². The molecule has 4 rings (SSSR count). The molecule has 1 aliphatic heterocycles. The number of amides is 1. The normalized spacial score (nSPS) is 16.9. The summed E-state index contributed by atoms with van der Waals surface area (Å²) in [5, 5.41) is 18.9. The predicted octanol–water partition coefficient (Wildman–Crippen LogP) is 0.348. The predicted molar refractivity (Wildman–Crippen MR) is 91.4 cm³/mol. The molecule has 1 fully saturated rings. The molecule has 0 saturated carbocycles. The van der Waals surface area contributed by atoms with Crippen molar-refractivity contribution >= 4 is 35.2 Å². The minimum absolute atomic E-state index is 0.163. The van der Waals surface area contributed by atoms with E-state index in [1.54, 1.807) is 27.6 Å². The van der Waals surface area contributed by atoms with Crippen molar-refractivity contribution in [2.45, 2.75) is 18.9 Å². The summed E-state index contributed by atoms with van der Waals surface area (Å²) < 4.78 is 1.70. The van der Waals surface area contributed by atoms with Crippen LogP contribution in [0.5, 0.6) is 0 Å². The first-order valence-corrected chi connectivity index (χ1v) is 8.00. The zero-order valence-corrected chi connectivity index (χ0v) is 13.6. The maximum Gasteiger partial charge on any atom is 0.326 e. The first kappa shape index (κ1) is 15.9. The molecule has 5 N–H and O–H groups in total. The lowest BCUT2D eigenvalue weighted by atomic mass is 10.2. The quantitative estimate of drug-likeness (QED) is 0.510. The summed E-state index contributed by atoms with van der Waals surface area (Å²) in [6, 6.07) is 4.42. The minimum Gasteiger partial charge on any atom is -0.480 e. The van der Waals surface area contributed by atoms with E-state index in [0.29, 0.717) is 36.3 Å². The van der Waals surface area contributed by atoms with E-state index in [9.17, 15) is 14.7 Å². The van der Waals surface area contributed by atoms with Crippen LogP contribution in [-0.2, 0) is 4.79 Å². The van der Waals surface area contributed by atoms with Crippen molar-refractivity contribution in [3.8, 4) is 0 Å². The molecule has 0 aliphatic carbocycles. The number of anilines is 3. The fraction of sp³-hybridized carbons (Fsp3) is 0.267. The smallest absolute Gasteiger partial charge is 0.326 e. The summed E-state index contributed by atoms with van der Waals surface area (Å²) in [5.74, 6) is -0.437. The van der Waals surface area contributed by atoms with Crippen LogP contribution in [0.25, 0.3) is 5.65 Å². The Morgan fingerprint density at radius 2 is 2.23 bits per heavy atom. The van der Waals surface area contributed by atoms with Gasteiger partial charge in [-0.15, -0.1) is 0 Å². The maximum absolute atomic E-state index is 11.5. The van der Waals surface area contributed by atoms with Gasteiger partial charge in [-0.3, -0.25) is 14.3 Å². The highest BCUT2D eigenvalue weighted by Gasteiger charge is 2.32. The Bertz CT molecular complexity index is 994. The number of aliphatic carboxylic acids is 1. The van der Waals surface area contributed by atoms with Gasteiger partial charge in [0.25, 0.3) is 5.91 Å². The molecule has 1 atom stereocenters. The third-order valence-electron chi connectivity index (χ3n) is 4.25. The molecule has 26 heavy (non-hydrogen) atoms. The lowest BCUT2D eigenvalue weighted by Crippen LogP contribution is -2.37. The Hall–Kier alpha value is -3.63. The van der Waals surface area contributed by atoms with Gasteiger partial charge < -0.3 is 21.1 Å². The number of primary amides is 1. The summed E-state index contributed by atoms with van der Waals surface area (Å²) in [6.07, 6.45) is 3.08. The molecule has 4 heterocycles. The third kappa shape index (κ3) is 2.68. The van der Waals surface area contributed by atoms with Crippen LogP contribution in [0, 0.1) is 0 Å². The monoisotopic (exact) mass is 356 g/mol. The molecule has 0 unspecified atom stereocenters. The fourth-order valence-electron chi connectivity index (χ4n) is 3.02. The molecule has 1 saturated heterocycles. The molecular weight excluding hydrogens is 340 g/mol. The van der Waals surface area contributed by atoms with Crippen LogP contribution in [0.15, 0.2) is 24.4 Å². The van der Waals surface area contributed by atoms with Crippen LogP contribution in [-0.4, -0.2) is 54.1 Å². The topological polar surface area (TPSA) is 155 Å². The largest absolute Gasteiger partial charge is 0.480 e. The Morgan fingerprint density at radius 1 is 1.38 bits per heavy atom. The highest BCUT2D eigenvalue weighted by atomic mass is 16.4. The third-order valence-corrected chi connectivity index (χ3v) is 4.25. The van der Waals surface area contributed by atoms with Gasteiger partial charge in [0, 0.05) is 18.8 Å². The van der Waals surface area contributed by atoms with Crippen molar-refractivity contribution in [1.29, 1.82) is 0 Å². The van der Waals surface area contributed by atoms with Crippen LogP contribution in [0.1, 0.15) is 23.3 Å². The maximum atomic E-state index is 11.5. The van der Waals surface area contributed by atoms with Gasteiger partial charge in [-0.25, -0.2) is 4.79 Å². The van der Waals surface area contributed by atoms with Crippen molar-refractivity contribution in [3.63, 3.8) is 0 Å². The molecular formula is C15H16N8O3. The van der Waals surface area contributed by atoms with Crippen LogP contribution in [0.3, 0.4) is 0 Å². The van der Waals surface area contributed by atoms with Gasteiger partial charge in [0.1, 0.15) is 17.4 Å². The Labute approximate surface area is 146 Å². The molecule has 3 aromatic rings. The van der Waals surface area contributed by atoms with Crippen LogP contribution in [0.4, 0.5) is 17.7 Å². The number of carbonyl (C=O) groups is 2. The number of nitrogens with two attached hydrogens (primary N) is 1. The fourth-order valence-corrected chi connectivity index (χ4v) is 3.02. The average Bonchev–Trinajstić information content (AvgIpc) is 3.34. The molecule has 11 heteroatoms. The van der Waals surface area contributed by atoms with Gasteiger partial charge in [-0.05, 0) is 25.0 Å². The van der Waals surface area contributed by atoms with Crippen LogP contribution in [0.2, 0.25) is 0 Å². The van der Waals surface area contributed by atoms with Crippen molar-refractivity contribution in [1.82, 2.24) is 24.6 Å². The highest BCUT2D eigenvalue weighted by molar-refractivity contribution is 5.91. The molecule has 1 aliphatic rings. The second kappa shape index (κ2) is 6.02. The number of H-pyrrole nitrogens is 1. The standard InChI is InChI=1S/C15H16N8O3/c16-12(24)8-7-10(21-20-8)17-14-19-15(18-11-4-2-6-23(11)14)22-5-1-3-9(22)13(25)26/h2,4,6-7,9H,1,3,5H2,(H2,16,24)(H,25,26)(H2,17,18,19,20,21)/t9-/m0/s1. The Balaban J connectivity index is 1.72. The number of nitrogens with one attached hydrogen (secondary N) is 2. The van der Waals surface area contributed by atoms with Gasteiger partial charge in [-0.1, -0.05) is 0 Å². The number of carbonyl (C=O) groups excluding carboxylic acids is 1. The van der Waals surface area contributed by atoms with Crippen LogP contribution >= 0.6 is 0 Å². The molecule has 0 spiro atoms. The van der Waals surface area contributed by atoms with Crippen molar-refractivity contribution in [3.05, 3.63) is 30.1 Å². The van der Waals surface area contributed by atoms with Gasteiger partial charge >= 0.3 is 5.97 Å². The molecule has 1 amide bonds. The van der Waals surface area contributed by atoms with E-state index in [1.165, 1.54) is 6.07 Å². The Morgan fingerprint density at radius 3 is 2.96 bits per heavy atom. The summed E-state index contributed by atoms with van der Waals surface area (Å²) in [5.41, 5.74) is 5.99. The second-order valence-corrected chi connectivity index (χ2v) is 5.93. The summed E-state index contributed by atoms with van der Waals surface area (Å²) in [6.45, 7) is 0.571. The van der Waals surface area contributed by atoms with Gasteiger partial charge in [-0.2, -0.15) is 15.1 Å².